The minimum atomic E-state index is -0.688. The van der Waals surface area contributed by atoms with Crippen LogP contribution < -0.4 is 0 Å². The van der Waals surface area contributed by atoms with Gasteiger partial charge in [-0.2, -0.15) is 0 Å². The zero-order chi connectivity index (χ0) is 40.0. The molecule has 6 aromatic rings. The van der Waals surface area contributed by atoms with Gasteiger partial charge in [0, 0.05) is 42.7 Å². The molecule has 10 nitrogen and oxygen atoms in total. The first kappa shape index (κ1) is 43.2. The van der Waals surface area contributed by atoms with Crippen molar-refractivity contribution in [2.24, 2.45) is 5.16 Å². The summed E-state index contributed by atoms with van der Waals surface area (Å²) in [4.78, 5) is 30.5. The highest BCUT2D eigenvalue weighted by Crippen LogP contribution is 2.22. The second-order valence-corrected chi connectivity index (χ2v) is 10.6. The van der Waals surface area contributed by atoms with Gasteiger partial charge in [-0.05, 0) is 103 Å². The molecule has 0 aliphatic heterocycles. The number of halogens is 4. The molecule has 0 amide bonds. The number of rotatable bonds is 6. The van der Waals surface area contributed by atoms with Gasteiger partial charge in [0.15, 0.2) is 11.5 Å². The molecule has 0 bridgehead atoms. The maximum absolute atomic E-state index is 12.7. The average Bonchev–Trinajstić information content (AvgIpc) is 3.87. The molecule has 0 fully saturated rings. The number of oxime groups is 1. The average molecular weight is 744 g/mol. The number of nitrogens with zero attached hydrogens (tertiary/aromatic N) is 3. The van der Waals surface area contributed by atoms with Crippen molar-refractivity contribution in [1.29, 1.82) is 0 Å². The summed E-state index contributed by atoms with van der Waals surface area (Å²) < 4.78 is 59.4. The summed E-state index contributed by atoms with van der Waals surface area (Å²) in [6.45, 7) is 4.34. The molecule has 4 aromatic carbocycles. The Bertz CT molecular complexity index is 2120. The Morgan fingerprint density at radius 1 is 0.722 bits per heavy atom. The van der Waals surface area contributed by atoms with E-state index in [-0.39, 0.29) is 40.6 Å². The summed E-state index contributed by atoms with van der Waals surface area (Å²) in [5.74, 6) is 0.868. The first-order chi connectivity index (χ1) is 25.8. The van der Waals surface area contributed by atoms with Crippen LogP contribution in [0.15, 0.2) is 123 Å². The van der Waals surface area contributed by atoms with Gasteiger partial charge < -0.3 is 19.4 Å². The predicted molar refractivity (Wildman–Crippen MR) is 192 cm³/mol. The quantitative estimate of drug-likeness (QED) is 0.0249. The van der Waals surface area contributed by atoms with Crippen LogP contribution >= 0.6 is 0 Å². The first-order valence-corrected chi connectivity index (χ1v) is 15.5. The van der Waals surface area contributed by atoms with Crippen molar-refractivity contribution < 1.29 is 51.3 Å². The van der Waals surface area contributed by atoms with Crippen LogP contribution in [0, 0.1) is 35.6 Å². The maximum atomic E-state index is 12.7. The molecule has 14 heteroatoms. The number of hydrogen-bond acceptors (Lipinski definition) is 10. The number of ketones is 2. The largest absolute Gasteiger partial charge is 0.411 e. The van der Waals surface area contributed by atoms with E-state index in [1.165, 1.54) is 98.9 Å². The Morgan fingerprint density at radius 3 is 1.44 bits per heavy atom. The van der Waals surface area contributed by atoms with E-state index in [0.717, 1.165) is 5.56 Å². The van der Waals surface area contributed by atoms with Gasteiger partial charge in [0.1, 0.15) is 47.0 Å². The number of terminal acetylenes is 1. The fourth-order valence-electron chi connectivity index (χ4n) is 3.60. The fourth-order valence-corrected chi connectivity index (χ4v) is 3.60. The van der Waals surface area contributed by atoms with E-state index in [0.29, 0.717) is 40.1 Å². The number of aliphatic hydroxyl groups excluding tert-OH is 1. The molecule has 2 heterocycles. The van der Waals surface area contributed by atoms with E-state index < -0.39 is 6.10 Å². The van der Waals surface area contributed by atoms with E-state index in [2.05, 4.69) is 21.9 Å². The number of hydrogen-bond donors (Lipinski definition) is 2. The van der Waals surface area contributed by atoms with Crippen molar-refractivity contribution in [3.05, 3.63) is 155 Å². The summed E-state index contributed by atoms with van der Waals surface area (Å²) in [6.07, 6.45) is 5.80. The number of aromatic nitrogens is 2. The van der Waals surface area contributed by atoms with Crippen LogP contribution in [0.4, 0.5) is 17.6 Å². The summed E-state index contributed by atoms with van der Waals surface area (Å²) in [5, 5.41) is 27.6. The number of Topliss-reactive ketones (excluding diaryl/α,β-unsaturated/α-hetero) is 2. The normalized spacial score (nSPS) is 10.4. The van der Waals surface area contributed by atoms with Crippen molar-refractivity contribution in [3.8, 4) is 34.9 Å². The molecule has 2 aromatic heterocycles. The second kappa shape index (κ2) is 22.8. The van der Waals surface area contributed by atoms with Crippen LogP contribution in [0.3, 0.4) is 0 Å². The zero-order valence-electron chi connectivity index (χ0n) is 29.0. The Morgan fingerprint density at radius 2 is 1.11 bits per heavy atom. The van der Waals surface area contributed by atoms with Gasteiger partial charge in [-0.15, -0.1) is 6.42 Å². The summed E-state index contributed by atoms with van der Waals surface area (Å²) >= 11 is 0. The zero-order valence-corrected chi connectivity index (χ0v) is 29.0. The van der Waals surface area contributed by atoms with Gasteiger partial charge in [-0.1, -0.05) is 27.6 Å². The Balaban J connectivity index is 0.000000244. The van der Waals surface area contributed by atoms with Crippen molar-refractivity contribution >= 4 is 24.1 Å². The molecule has 54 heavy (non-hydrogen) atoms. The molecule has 1 atom stereocenters. The van der Waals surface area contributed by atoms with Crippen LogP contribution in [-0.4, -0.2) is 44.7 Å². The third-order valence-corrected chi connectivity index (χ3v) is 6.36. The van der Waals surface area contributed by atoms with E-state index in [1.54, 1.807) is 37.3 Å². The van der Waals surface area contributed by atoms with E-state index in [1.807, 2.05) is 5.92 Å². The maximum Gasteiger partial charge on any atom is 0.202 e. The summed E-state index contributed by atoms with van der Waals surface area (Å²) in [6, 6.07) is 25.9. The van der Waals surface area contributed by atoms with Crippen molar-refractivity contribution in [3.63, 3.8) is 0 Å². The summed E-state index contributed by atoms with van der Waals surface area (Å²) in [5.41, 5.74) is 3.76. The van der Waals surface area contributed by atoms with Gasteiger partial charge in [0.25, 0.3) is 0 Å². The monoisotopic (exact) mass is 743 g/mol. The lowest BCUT2D eigenvalue weighted by Crippen LogP contribution is -1.86. The highest BCUT2D eigenvalue weighted by molar-refractivity contribution is 5.92. The van der Waals surface area contributed by atoms with E-state index in [9.17, 15) is 37.1 Å². The Kier molecular flexibility index (Phi) is 18.2. The molecule has 1 unspecified atom stereocenters. The molecule has 0 aliphatic rings. The smallest absolute Gasteiger partial charge is 0.202 e. The van der Waals surface area contributed by atoms with Crippen LogP contribution in [-0.2, 0) is 4.79 Å². The van der Waals surface area contributed by atoms with Crippen molar-refractivity contribution in [2.75, 3.05) is 0 Å². The molecule has 2 N–H and O–H groups in total. The third-order valence-electron chi connectivity index (χ3n) is 6.36. The van der Waals surface area contributed by atoms with E-state index >= 15 is 0 Å². The topological polar surface area (TPSA) is 156 Å². The number of carbonyl (C=O) groups excluding carboxylic acids is 3. The minimum Gasteiger partial charge on any atom is -0.411 e. The SMILES string of the molecule is C#CC(C)=O.CC(=O)c1cc(-c2ccc(F)cc2)no1.CC(O)c1cc(-c2ccc(F)cc2)no1.O/N=C/c1ccc(F)cc1.O=Cc1ccc(F)cc1. The molecule has 278 valence electrons. The van der Waals surface area contributed by atoms with Gasteiger partial charge in [-0.3, -0.25) is 14.4 Å². The number of carbonyl (C=O) groups is 3. The molecule has 0 saturated carbocycles. The van der Waals surface area contributed by atoms with E-state index in [4.69, 9.17) is 14.3 Å². The molecular weight excluding hydrogens is 710 g/mol. The van der Waals surface area contributed by atoms with Gasteiger partial charge in [-0.25, -0.2) is 17.6 Å². The van der Waals surface area contributed by atoms with Crippen molar-refractivity contribution in [2.45, 2.75) is 26.9 Å². The van der Waals surface area contributed by atoms with Gasteiger partial charge >= 0.3 is 0 Å². The minimum absolute atomic E-state index is 0.184. The molecule has 0 saturated heterocycles. The fraction of sp³-hybridized carbons (Fsp3) is 0.100. The lowest BCUT2D eigenvalue weighted by molar-refractivity contribution is -0.111. The van der Waals surface area contributed by atoms with Crippen LogP contribution in [0.25, 0.3) is 22.5 Å². The van der Waals surface area contributed by atoms with Crippen molar-refractivity contribution in [1.82, 2.24) is 10.3 Å². The van der Waals surface area contributed by atoms with Crippen LogP contribution in [0.5, 0.6) is 0 Å². The number of benzene rings is 4. The van der Waals surface area contributed by atoms with Crippen LogP contribution in [0.1, 0.15) is 59.1 Å². The van der Waals surface area contributed by atoms with Crippen LogP contribution in [0.2, 0.25) is 0 Å². The lowest BCUT2D eigenvalue weighted by atomic mass is 10.1. The highest BCUT2D eigenvalue weighted by Gasteiger charge is 2.11. The molecule has 0 spiro atoms. The Hall–Kier alpha value is -6.98. The lowest BCUT2D eigenvalue weighted by Gasteiger charge is -1.94. The highest BCUT2D eigenvalue weighted by atomic mass is 19.1. The molecular formula is C40H33F4N3O7. The molecule has 6 rings (SSSR count). The summed E-state index contributed by atoms with van der Waals surface area (Å²) in [7, 11) is 0. The first-order valence-electron chi connectivity index (χ1n) is 15.5. The molecule has 0 aliphatic carbocycles. The standard InChI is InChI=1S/C11H10FNO2.C11H8FNO2.C7H6FNO.C7H5FO.C4H4O/c2*1-7(14)11-6-10(13-15-11)8-2-4-9(12)5-3-8;8-7-3-1-6(2-4-7)5-9-10;8-7-3-1-6(5-9)2-4-7;1-3-4(2)5/h2-7,14H,1H3;2-6H,1H3;1-5,10H;1-5H;1H,2H3/b;;9-5+;;. The van der Waals surface area contributed by atoms with Gasteiger partial charge in [0.05, 0.1) is 6.21 Å². The predicted octanol–water partition coefficient (Wildman–Crippen LogP) is 8.70. The molecule has 0 radical (unpaired) electrons. The van der Waals surface area contributed by atoms with Gasteiger partial charge in [0.2, 0.25) is 11.5 Å². The number of aldehydes is 1. The third kappa shape index (κ3) is 15.9. The Labute approximate surface area is 307 Å². The second-order valence-electron chi connectivity index (χ2n) is 10.6. The number of aliphatic hydroxyl groups is 1.